The second-order valence-corrected chi connectivity index (χ2v) is 7.96. The fourth-order valence-electron chi connectivity index (χ4n) is 3.39. The summed E-state index contributed by atoms with van der Waals surface area (Å²) in [5.41, 5.74) is 0.103. The highest BCUT2D eigenvalue weighted by molar-refractivity contribution is 7.86. The van der Waals surface area contributed by atoms with Crippen molar-refractivity contribution in [3.8, 4) is 5.75 Å². The molecule has 11 heteroatoms. The third-order valence-corrected chi connectivity index (χ3v) is 6.33. The number of methoxy groups -OCH3 is 1. The van der Waals surface area contributed by atoms with Crippen LogP contribution < -0.4 is 14.8 Å². The molecule has 2 aliphatic heterocycles. The number of fused-ring (bicyclic) bond motifs is 1. The number of hydrogen-bond donors (Lipinski definition) is 1. The van der Waals surface area contributed by atoms with Gasteiger partial charge >= 0.3 is 11.5 Å². The third-order valence-electron chi connectivity index (χ3n) is 4.82. The lowest BCUT2D eigenvalue weighted by atomic mass is 10.2. The van der Waals surface area contributed by atoms with Crippen LogP contribution in [0.1, 0.15) is 16.9 Å². The first-order chi connectivity index (χ1) is 13.5. The van der Waals surface area contributed by atoms with Crippen LogP contribution in [0.3, 0.4) is 0 Å². The van der Waals surface area contributed by atoms with E-state index in [1.165, 1.54) is 4.40 Å². The molecule has 1 unspecified atom stereocenters. The van der Waals surface area contributed by atoms with Crippen molar-refractivity contribution >= 4 is 34.0 Å². The van der Waals surface area contributed by atoms with Gasteiger partial charge in [-0.05, 0) is 12.5 Å². The maximum absolute atomic E-state index is 12.8. The molecule has 28 heavy (non-hydrogen) atoms. The number of ether oxygens (including phenoxy) is 2. The summed E-state index contributed by atoms with van der Waals surface area (Å²) >= 11 is 0. The van der Waals surface area contributed by atoms with Gasteiger partial charge in [-0.2, -0.15) is 0 Å². The number of nitrogens with zero attached hydrogens (tertiary/aromatic N) is 4. The predicted octanol–water partition coefficient (Wildman–Crippen LogP) is -0.103. The van der Waals surface area contributed by atoms with Crippen molar-refractivity contribution in [3.63, 3.8) is 0 Å². The van der Waals surface area contributed by atoms with Gasteiger partial charge in [-0.15, -0.1) is 0 Å². The molecule has 4 rings (SSSR count). The van der Waals surface area contributed by atoms with Crippen molar-refractivity contribution in [2.75, 3.05) is 54.9 Å². The van der Waals surface area contributed by atoms with E-state index in [1.54, 1.807) is 10.5 Å². The first kappa shape index (κ1) is 18.7. The van der Waals surface area contributed by atoms with E-state index >= 15 is 0 Å². The van der Waals surface area contributed by atoms with Crippen molar-refractivity contribution in [1.82, 2.24) is 9.38 Å². The molecule has 10 nitrogen and oxygen atoms in total. The summed E-state index contributed by atoms with van der Waals surface area (Å²) in [5.74, 6) is -1.18. The highest BCUT2D eigenvalue weighted by Gasteiger charge is 2.28. The number of rotatable bonds is 3. The Hall–Kier alpha value is -2.66. The van der Waals surface area contributed by atoms with Gasteiger partial charge in [0.15, 0.2) is 11.3 Å². The first-order valence-electron chi connectivity index (χ1n) is 8.87. The van der Waals surface area contributed by atoms with E-state index < -0.39 is 34.0 Å². The average Bonchev–Trinajstić information content (AvgIpc) is 3.15. The van der Waals surface area contributed by atoms with Crippen LogP contribution in [0.4, 0.5) is 11.4 Å². The number of aromatic hydroxyl groups is 1. The second-order valence-electron chi connectivity index (χ2n) is 6.46. The summed E-state index contributed by atoms with van der Waals surface area (Å²) in [6, 6.07) is 1.81. The van der Waals surface area contributed by atoms with Gasteiger partial charge in [0.2, 0.25) is 5.75 Å². The zero-order valence-electron chi connectivity index (χ0n) is 15.3. The number of pyridine rings is 1. The molecule has 0 spiro atoms. The smallest absolute Gasteiger partial charge is 0.360 e. The van der Waals surface area contributed by atoms with E-state index in [4.69, 9.17) is 4.74 Å². The van der Waals surface area contributed by atoms with Crippen molar-refractivity contribution in [3.05, 3.63) is 28.3 Å². The number of hydrogen-bond acceptors (Lipinski definition) is 8. The minimum Gasteiger partial charge on any atom is -0.501 e. The summed E-state index contributed by atoms with van der Waals surface area (Å²) in [7, 11) is -0.114. The third kappa shape index (κ3) is 3.10. The van der Waals surface area contributed by atoms with Crippen molar-refractivity contribution < 1.29 is 23.6 Å². The van der Waals surface area contributed by atoms with Crippen LogP contribution in [-0.4, -0.2) is 70.4 Å². The van der Waals surface area contributed by atoms with E-state index in [2.05, 4.69) is 9.72 Å². The maximum atomic E-state index is 12.8. The number of carbonyl (C=O) groups excluding carboxylic acids is 1. The minimum atomic E-state index is -1.26. The lowest BCUT2D eigenvalue weighted by Crippen LogP contribution is -2.37. The van der Waals surface area contributed by atoms with E-state index in [0.717, 1.165) is 19.2 Å². The number of aromatic nitrogens is 2. The van der Waals surface area contributed by atoms with Gasteiger partial charge in [0, 0.05) is 31.6 Å². The van der Waals surface area contributed by atoms with E-state index in [-0.39, 0.29) is 5.65 Å². The van der Waals surface area contributed by atoms with Crippen LogP contribution in [0.2, 0.25) is 0 Å². The monoisotopic (exact) mass is 408 g/mol. The zero-order valence-corrected chi connectivity index (χ0v) is 16.1. The molecule has 0 saturated carbocycles. The number of anilines is 2. The summed E-state index contributed by atoms with van der Waals surface area (Å²) in [6.07, 6.45) is 2.31. The molecule has 0 aliphatic carbocycles. The van der Waals surface area contributed by atoms with Crippen LogP contribution in [0.15, 0.2) is 17.1 Å². The van der Waals surface area contributed by atoms with Crippen LogP contribution in [0, 0.1) is 0 Å². The average molecular weight is 408 g/mol. The molecule has 0 bridgehead atoms. The molecular weight excluding hydrogens is 388 g/mol. The molecule has 0 radical (unpaired) electrons. The Labute approximate surface area is 162 Å². The maximum Gasteiger partial charge on any atom is 0.360 e. The van der Waals surface area contributed by atoms with E-state index in [9.17, 15) is 18.9 Å². The molecule has 4 heterocycles. The Morgan fingerprint density at radius 1 is 1.32 bits per heavy atom. The van der Waals surface area contributed by atoms with Crippen LogP contribution in [0.5, 0.6) is 5.75 Å². The molecule has 2 aliphatic rings. The fourth-order valence-corrected chi connectivity index (χ4v) is 4.67. The molecule has 150 valence electrons. The van der Waals surface area contributed by atoms with Crippen molar-refractivity contribution in [2.45, 2.75) is 6.42 Å². The SMILES string of the molecule is COC(=O)c1nc2c(N3CCCS3=O)cc(N3CCOCC3)cn2c(=O)c1O. The summed E-state index contributed by atoms with van der Waals surface area (Å²) < 4.78 is 25.3. The van der Waals surface area contributed by atoms with Crippen LogP contribution in [-0.2, 0) is 20.5 Å². The minimum absolute atomic E-state index is 0.149. The second kappa shape index (κ2) is 7.40. The van der Waals surface area contributed by atoms with E-state index in [0.29, 0.717) is 44.3 Å². The first-order valence-corrected chi connectivity index (χ1v) is 10.1. The molecule has 2 fully saturated rings. The molecular formula is C17H20N4O6S. The predicted molar refractivity (Wildman–Crippen MR) is 102 cm³/mol. The van der Waals surface area contributed by atoms with Gasteiger partial charge in [-0.3, -0.25) is 13.5 Å². The largest absolute Gasteiger partial charge is 0.501 e. The Morgan fingerprint density at radius 2 is 2.07 bits per heavy atom. The number of carbonyl (C=O) groups is 1. The highest BCUT2D eigenvalue weighted by Crippen LogP contribution is 2.31. The standard InChI is InChI=1S/C17H20N4O6S/c1-26-17(24)13-14(22)16(23)20-10-11(19-4-6-27-7-5-19)9-12(15(20)18-13)21-3-2-8-28(21)25/h9-10,22H,2-8H2,1H3. The van der Waals surface area contributed by atoms with Gasteiger partial charge in [-0.25, -0.2) is 14.0 Å². The van der Waals surface area contributed by atoms with Gasteiger partial charge in [-0.1, -0.05) is 0 Å². The Bertz CT molecular complexity index is 1020. The van der Waals surface area contributed by atoms with Gasteiger partial charge in [0.05, 0.1) is 31.7 Å². The molecule has 1 atom stereocenters. The van der Waals surface area contributed by atoms with Gasteiger partial charge in [0.25, 0.3) is 0 Å². The Balaban J connectivity index is 1.98. The summed E-state index contributed by atoms with van der Waals surface area (Å²) in [5, 5.41) is 10.2. The molecule has 0 aromatic carbocycles. The zero-order chi connectivity index (χ0) is 19.8. The Morgan fingerprint density at radius 3 is 2.71 bits per heavy atom. The summed E-state index contributed by atoms with van der Waals surface area (Å²) in [4.78, 5) is 31.0. The number of morpholine rings is 1. The lowest BCUT2D eigenvalue weighted by molar-refractivity contribution is 0.0590. The van der Waals surface area contributed by atoms with E-state index in [1.807, 2.05) is 11.0 Å². The fraction of sp³-hybridized carbons (Fsp3) is 0.471. The molecule has 0 amide bonds. The highest BCUT2D eigenvalue weighted by atomic mass is 32.2. The normalized spacial score (nSPS) is 20.0. The van der Waals surface area contributed by atoms with Crippen molar-refractivity contribution in [2.24, 2.45) is 0 Å². The van der Waals surface area contributed by atoms with Gasteiger partial charge in [0.1, 0.15) is 11.0 Å². The Kier molecular flexibility index (Phi) is 4.94. The molecule has 2 aromatic rings. The van der Waals surface area contributed by atoms with Crippen LogP contribution in [0.25, 0.3) is 5.65 Å². The molecule has 2 aromatic heterocycles. The van der Waals surface area contributed by atoms with Crippen molar-refractivity contribution in [1.29, 1.82) is 0 Å². The quantitative estimate of drug-likeness (QED) is 0.701. The number of esters is 1. The molecule has 2 saturated heterocycles. The lowest BCUT2D eigenvalue weighted by Gasteiger charge is -2.30. The topological polar surface area (TPSA) is 114 Å². The molecule has 1 N–H and O–H groups in total. The summed E-state index contributed by atoms with van der Waals surface area (Å²) in [6.45, 7) is 2.94. The van der Waals surface area contributed by atoms with Crippen LogP contribution >= 0.6 is 0 Å². The van der Waals surface area contributed by atoms with Gasteiger partial charge < -0.3 is 19.5 Å².